The number of carboxylic acid groups (broad SMARTS) is 3. The number of aliphatic carboxylic acids is 3. The smallest absolute Gasteiger partial charge is 0.309 e. The number of carboxylic acids is 3. The largest absolute Gasteiger partial charge is 0.550 e. The highest BCUT2D eigenvalue weighted by Gasteiger charge is 2.45. The van der Waals surface area contributed by atoms with E-state index in [-0.39, 0.29) is 57.8 Å². The first kappa shape index (κ1) is 56.8. The highest BCUT2D eigenvalue weighted by atomic mass is 16.6. The Labute approximate surface area is 404 Å². The van der Waals surface area contributed by atoms with Crippen molar-refractivity contribution in [2.45, 2.75) is 167 Å². The summed E-state index contributed by atoms with van der Waals surface area (Å²) in [5, 5.41) is 44.4. The predicted octanol–water partition coefficient (Wildman–Crippen LogP) is 3.54. The van der Waals surface area contributed by atoms with Crippen molar-refractivity contribution in [3.63, 3.8) is 0 Å². The first-order chi connectivity index (χ1) is 33.1. The molecule has 19 nitrogen and oxygen atoms in total. The molecule has 0 aromatic heterocycles. The number of hydrogen-bond donors (Lipinski definition) is 2. The fourth-order valence-corrected chi connectivity index (χ4v) is 10.2. The monoisotopic (exact) mass is 978 g/mol. The van der Waals surface area contributed by atoms with Crippen LogP contribution in [0.2, 0.25) is 0 Å². The molecule has 390 valence electrons. The molecule has 2 N–H and O–H groups in total. The molecule has 9 atom stereocenters. The summed E-state index contributed by atoms with van der Waals surface area (Å²) in [5.74, 6) is -17.9. The second kappa shape index (κ2) is 29.4. The Hall–Kier alpha value is -4.81. The van der Waals surface area contributed by atoms with Crippen LogP contribution in [0.25, 0.3) is 0 Å². The second-order valence-corrected chi connectivity index (χ2v) is 19.7. The molecule has 4 aliphatic carbocycles. The molecule has 0 spiro atoms. The van der Waals surface area contributed by atoms with Crippen LogP contribution in [0.4, 0.5) is 0 Å². The minimum atomic E-state index is -1.91. The van der Waals surface area contributed by atoms with Gasteiger partial charge in [-0.15, -0.1) is 0 Å². The average Bonchev–Trinajstić information content (AvgIpc) is 3.36. The fraction of sp³-hybridized carbons (Fsp3) is 0.820. The lowest BCUT2D eigenvalue weighted by molar-refractivity contribution is -0.315. The molecule has 4 aliphatic rings. The molecule has 9 unspecified atom stereocenters. The fourth-order valence-electron chi connectivity index (χ4n) is 10.2. The van der Waals surface area contributed by atoms with E-state index < -0.39 is 152 Å². The number of hydrogen-bond acceptors (Lipinski definition) is 18. The lowest BCUT2D eigenvalue weighted by Crippen LogP contribution is -2.48. The Balaban J connectivity index is 1.51. The lowest BCUT2D eigenvalue weighted by Gasteiger charge is -2.36. The van der Waals surface area contributed by atoms with Crippen LogP contribution in [0.1, 0.15) is 161 Å². The molecule has 0 aliphatic heterocycles. The van der Waals surface area contributed by atoms with Gasteiger partial charge in [0.15, 0.2) is 0 Å². The lowest BCUT2D eigenvalue weighted by atomic mass is 9.79. The van der Waals surface area contributed by atoms with E-state index in [4.69, 9.17) is 28.4 Å². The molecule has 0 amide bonds. The molecule has 0 heterocycles. The maximum Gasteiger partial charge on any atom is 0.309 e. The molecule has 4 rings (SSSR count). The third-order valence-corrected chi connectivity index (χ3v) is 14.4. The van der Waals surface area contributed by atoms with Gasteiger partial charge in [0, 0.05) is 30.2 Å². The quantitative estimate of drug-likeness (QED) is 0.0643. The first-order valence-electron chi connectivity index (χ1n) is 25.4. The van der Waals surface area contributed by atoms with Gasteiger partial charge in [-0.05, 0) is 57.8 Å². The second-order valence-electron chi connectivity index (χ2n) is 19.7. The van der Waals surface area contributed by atoms with Crippen LogP contribution < -0.4 is 10.2 Å². The maximum absolute atomic E-state index is 14.1. The van der Waals surface area contributed by atoms with Crippen LogP contribution in [0.15, 0.2) is 0 Å². The minimum Gasteiger partial charge on any atom is -0.550 e. The predicted molar refractivity (Wildman–Crippen MR) is 236 cm³/mol. The molecule has 0 saturated heterocycles. The molecule has 4 saturated carbocycles. The van der Waals surface area contributed by atoms with Gasteiger partial charge >= 0.3 is 41.8 Å². The van der Waals surface area contributed by atoms with Crippen LogP contribution in [0.3, 0.4) is 0 Å². The van der Waals surface area contributed by atoms with Gasteiger partial charge in [-0.25, -0.2) is 0 Å². The number of carbonyl (C=O) groups excluding carboxylic acids is 8. The van der Waals surface area contributed by atoms with E-state index in [1.807, 2.05) is 0 Å². The average molecular weight is 979 g/mol. The molecule has 0 aromatic rings. The summed E-state index contributed by atoms with van der Waals surface area (Å²) in [7, 11) is 0. The molecule has 69 heavy (non-hydrogen) atoms. The Morgan fingerprint density at radius 2 is 0.754 bits per heavy atom. The van der Waals surface area contributed by atoms with E-state index in [0.717, 1.165) is 32.1 Å². The summed E-state index contributed by atoms with van der Waals surface area (Å²) < 4.78 is 33.7. The van der Waals surface area contributed by atoms with Gasteiger partial charge in [0.2, 0.25) is 0 Å². The van der Waals surface area contributed by atoms with Crippen LogP contribution in [0.5, 0.6) is 0 Å². The van der Waals surface area contributed by atoms with E-state index in [1.165, 1.54) is 6.42 Å². The van der Waals surface area contributed by atoms with Gasteiger partial charge in [0.1, 0.15) is 51.2 Å². The van der Waals surface area contributed by atoms with Gasteiger partial charge in [-0.1, -0.05) is 96.8 Å². The Morgan fingerprint density at radius 3 is 1.13 bits per heavy atom. The molecule has 0 bridgehead atoms. The van der Waals surface area contributed by atoms with Crippen molar-refractivity contribution in [2.75, 3.05) is 39.6 Å². The van der Waals surface area contributed by atoms with E-state index in [0.29, 0.717) is 57.8 Å². The van der Waals surface area contributed by atoms with E-state index in [9.17, 15) is 63.6 Å². The van der Waals surface area contributed by atoms with Gasteiger partial charge in [0.05, 0.1) is 35.5 Å². The van der Waals surface area contributed by atoms with Gasteiger partial charge < -0.3 is 58.4 Å². The van der Waals surface area contributed by atoms with Crippen molar-refractivity contribution >= 4 is 53.7 Å². The SMILES string of the molecule is CCCCCCCCCC(=O)OCC(O)COC(=O)C1CCCCC1C(=O)OCC(COC(=O)C1CCCCC1C(=O)[O-])(COC(=O)C1CCCCC1C(=O)[O-])COC(=O)C1CCCCC1C(=O)O. The van der Waals surface area contributed by atoms with Crippen LogP contribution in [0, 0.1) is 52.8 Å². The number of unbranched alkanes of at least 4 members (excludes halogenated alkanes) is 6. The number of carbonyl (C=O) groups is 9. The van der Waals surface area contributed by atoms with Crippen molar-refractivity contribution in [3.8, 4) is 0 Å². The standard InChI is InChI=1S/C50H76O19/c1-2-3-4-5-6-7-8-25-41(52)64-26-32(51)27-65-45(59)39-23-15-16-24-40(39)49(63)69-31-50(28-66-46(60)36-20-12-9-17-33(36)42(53)54,29-67-47(61)37-21-13-10-18-34(37)43(55)56)30-68-48(62)38-22-14-11-19-35(38)44(57)58/h32-40,51H,2-31H2,1H3,(H,53,54)(H,55,56)(H,57,58)/p-2. The van der Waals surface area contributed by atoms with Crippen molar-refractivity contribution in [2.24, 2.45) is 52.8 Å². The Morgan fingerprint density at radius 1 is 0.449 bits per heavy atom. The highest BCUT2D eigenvalue weighted by molar-refractivity contribution is 5.83. The summed E-state index contributed by atoms with van der Waals surface area (Å²) in [5.41, 5.74) is -1.91. The topological polar surface area (TPSA) is 296 Å². The van der Waals surface area contributed by atoms with Crippen molar-refractivity contribution in [1.82, 2.24) is 0 Å². The summed E-state index contributed by atoms with van der Waals surface area (Å²) in [6.07, 6.45) is 11.7. The van der Waals surface area contributed by atoms with Crippen molar-refractivity contribution in [1.29, 1.82) is 0 Å². The third kappa shape index (κ3) is 18.1. The summed E-state index contributed by atoms with van der Waals surface area (Å²) in [6.45, 7) is -1.85. The third-order valence-electron chi connectivity index (χ3n) is 14.4. The van der Waals surface area contributed by atoms with Gasteiger partial charge in [-0.3, -0.25) is 33.6 Å². The first-order valence-corrected chi connectivity index (χ1v) is 25.4. The van der Waals surface area contributed by atoms with E-state index in [2.05, 4.69) is 6.92 Å². The minimum absolute atomic E-state index is 0.157. The molecule has 0 radical (unpaired) electrons. The van der Waals surface area contributed by atoms with Crippen LogP contribution in [-0.4, -0.2) is 110 Å². The number of aliphatic hydroxyl groups excluding tert-OH is 1. The number of aliphatic hydroxyl groups is 1. The zero-order valence-corrected chi connectivity index (χ0v) is 40.2. The normalized spacial score (nSPS) is 26.2. The molecule has 0 aromatic carbocycles. The van der Waals surface area contributed by atoms with Gasteiger partial charge in [0.25, 0.3) is 0 Å². The molecular weight excluding hydrogens is 905 g/mol. The molecular formula is C50H74O19-2. The molecule has 19 heteroatoms. The maximum atomic E-state index is 14.1. The number of ether oxygens (including phenoxy) is 6. The zero-order valence-electron chi connectivity index (χ0n) is 40.2. The zero-order chi connectivity index (χ0) is 50.3. The van der Waals surface area contributed by atoms with E-state index >= 15 is 0 Å². The summed E-state index contributed by atoms with van der Waals surface area (Å²) >= 11 is 0. The van der Waals surface area contributed by atoms with E-state index in [1.54, 1.807) is 0 Å². The van der Waals surface area contributed by atoms with Gasteiger partial charge in [-0.2, -0.15) is 0 Å². The Kier molecular flexibility index (Phi) is 24.2. The Bertz CT molecular complexity index is 1610. The number of esters is 6. The van der Waals surface area contributed by atoms with Crippen molar-refractivity contribution < 1.29 is 92.0 Å². The van der Waals surface area contributed by atoms with Crippen LogP contribution in [-0.2, 0) is 71.6 Å². The number of rotatable bonds is 28. The van der Waals surface area contributed by atoms with Crippen LogP contribution >= 0.6 is 0 Å². The van der Waals surface area contributed by atoms with Crippen molar-refractivity contribution in [3.05, 3.63) is 0 Å². The molecule has 4 fully saturated rings. The summed E-state index contributed by atoms with van der Waals surface area (Å²) in [6, 6.07) is 0. The highest BCUT2D eigenvalue weighted by Crippen LogP contribution is 2.37. The summed E-state index contributed by atoms with van der Waals surface area (Å²) in [4.78, 5) is 117.